The molecule has 4 nitrogen and oxygen atoms in total. The van der Waals surface area contributed by atoms with E-state index in [2.05, 4.69) is 0 Å². The molecule has 16 heavy (non-hydrogen) atoms. The van der Waals surface area contributed by atoms with Crippen LogP contribution in [0.4, 0.5) is 0 Å². The van der Waals surface area contributed by atoms with Crippen molar-refractivity contribution < 1.29 is 14.6 Å². The number of fused-ring (bicyclic) bond motifs is 1. The number of aromatic carboxylic acids is 1. The van der Waals surface area contributed by atoms with E-state index in [1.807, 2.05) is 0 Å². The fraction of sp³-hybridized carbons (Fsp3) is 0.0909. The lowest BCUT2D eigenvalue weighted by molar-refractivity contribution is 0.0702. The molecule has 0 aliphatic rings. The van der Waals surface area contributed by atoms with Crippen LogP contribution in [0.25, 0.3) is 10.8 Å². The van der Waals surface area contributed by atoms with Gasteiger partial charge in [-0.05, 0) is 18.2 Å². The Morgan fingerprint density at radius 2 is 2.12 bits per heavy atom. The Balaban J connectivity index is 2.88. The highest BCUT2D eigenvalue weighted by Gasteiger charge is 2.11. The summed E-state index contributed by atoms with van der Waals surface area (Å²) in [6.45, 7) is 0. The van der Waals surface area contributed by atoms with E-state index < -0.39 is 5.97 Å². The minimum atomic E-state index is -1.10. The second kappa shape index (κ2) is 3.94. The maximum Gasteiger partial charge on any atom is 0.346 e. The first-order chi connectivity index (χ1) is 7.63. The van der Waals surface area contributed by atoms with Crippen molar-refractivity contribution in [1.82, 2.24) is 0 Å². The molecule has 1 heterocycles. The van der Waals surface area contributed by atoms with Gasteiger partial charge in [0.25, 0.3) is 0 Å². The monoisotopic (exact) mass is 236 g/mol. The minimum absolute atomic E-state index is 0.0157. The molecule has 2 aromatic rings. The van der Waals surface area contributed by atoms with E-state index in [-0.39, 0.29) is 9.62 Å². The van der Waals surface area contributed by atoms with E-state index in [0.717, 1.165) is 11.3 Å². The highest BCUT2D eigenvalue weighted by atomic mass is 32.1. The molecule has 0 spiro atoms. The lowest BCUT2D eigenvalue weighted by Crippen LogP contribution is -2.02. The van der Waals surface area contributed by atoms with Crippen LogP contribution in [0.1, 0.15) is 9.67 Å². The summed E-state index contributed by atoms with van der Waals surface area (Å²) in [5.41, 5.74) is 0. The molecule has 1 aromatic heterocycles. The van der Waals surface area contributed by atoms with E-state index in [1.54, 1.807) is 18.2 Å². The zero-order valence-electron chi connectivity index (χ0n) is 8.39. The Hall–Kier alpha value is -1.88. The van der Waals surface area contributed by atoms with Crippen LogP contribution in [0.5, 0.6) is 5.75 Å². The van der Waals surface area contributed by atoms with Gasteiger partial charge in [0, 0.05) is 10.8 Å². The topological polar surface area (TPSA) is 63.6 Å². The smallest absolute Gasteiger partial charge is 0.346 e. The van der Waals surface area contributed by atoms with Gasteiger partial charge in [-0.3, -0.25) is 4.79 Å². The van der Waals surface area contributed by atoms with Crippen LogP contribution in [0.3, 0.4) is 0 Å². The molecule has 0 unspecified atom stereocenters. The summed E-state index contributed by atoms with van der Waals surface area (Å²) in [5, 5.41) is 9.88. The number of carbonyl (C=O) groups is 1. The second-order valence-electron chi connectivity index (χ2n) is 3.12. The van der Waals surface area contributed by atoms with Gasteiger partial charge in [-0.25, -0.2) is 4.79 Å². The number of carboxylic acid groups (broad SMARTS) is 1. The molecule has 1 N–H and O–H groups in total. The molecule has 0 saturated carbocycles. The average molecular weight is 236 g/mol. The number of ether oxygens (including phenoxy) is 1. The summed E-state index contributed by atoms with van der Waals surface area (Å²) >= 11 is 0.723. The van der Waals surface area contributed by atoms with E-state index in [4.69, 9.17) is 9.84 Å². The molecule has 5 heteroatoms. The summed E-state index contributed by atoms with van der Waals surface area (Å²) in [7, 11) is 1.48. The molecule has 2 rings (SSSR count). The number of hydrogen-bond acceptors (Lipinski definition) is 4. The van der Waals surface area contributed by atoms with E-state index in [9.17, 15) is 9.59 Å². The molecule has 0 amide bonds. The van der Waals surface area contributed by atoms with Crippen molar-refractivity contribution in [3.8, 4) is 5.75 Å². The van der Waals surface area contributed by atoms with Crippen LogP contribution in [-0.4, -0.2) is 18.2 Å². The van der Waals surface area contributed by atoms with Crippen LogP contribution in [0.2, 0.25) is 0 Å². The van der Waals surface area contributed by atoms with Gasteiger partial charge in [0.15, 0.2) is 0 Å². The van der Waals surface area contributed by atoms with E-state index in [1.165, 1.54) is 13.2 Å². The normalized spacial score (nSPS) is 10.3. The van der Waals surface area contributed by atoms with Gasteiger partial charge >= 0.3 is 5.97 Å². The van der Waals surface area contributed by atoms with Crippen molar-refractivity contribution in [2.45, 2.75) is 0 Å². The van der Waals surface area contributed by atoms with Crippen molar-refractivity contribution in [2.24, 2.45) is 0 Å². The number of methoxy groups -OCH3 is 1. The predicted octanol–water partition coefficient (Wildman–Crippen LogP) is 1.97. The fourth-order valence-corrected chi connectivity index (χ4v) is 2.22. The Kier molecular flexibility index (Phi) is 2.62. The SMILES string of the molecule is COc1cccc2c(=O)sc(C(=O)O)cc12. The lowest BCUT2D eigenvalue weighted by atomic mass is 10.1. The number of carboxylic acids is 1. The molecule has 0 saturated heterocycles. The second-order valence-corrected chi connectivity index (χ2v) is 4.14. The summed E-state index contributed by atoms with van der Waals surface area (Å²) < 4.78 is 4.82. The van der Waals surface area contributed by atoms with Crippen LogP contribution in [-0.2, 0) is 0 Å². The maximum atomic E-state index is 11.7. The van der Waals surface area contributed by atoms with Crippen molar-refractivity contribution in [2.75, 3.05) is 7.11 Å². The molecule has 0 radical (unpaired) electrons. The summed E-state index contributed by atoms with van der Waals surface area (Å²) in [6.07, 6.45) is 0. The van der Waals surface area contributed by atoms with Gasteiger partial charge in [-0.1, -0.05) is 17.4 Å². The zero-order chi connectivity index (χ0) is 11.7. The highest BCUT2D eigenvalue weighted by molar-refractivity contribution is 7.11. The lowest BCUT2D eigenvalue weighted by Gasteiger charge is -2.04. The summed E-state index contributed by atoms with van der Waals surface area (Å²) in [4.78, 5) is 22.5. The molecule has 82 valence electrons. The molecule has 1 aromatic carbocycles. The van der Waals surface area contributed by atoms with Crippen molar-refractivity contribution >= 4 is 28.1 Å². The standard InChI is InChI=1S/C11H8O4S/c1-15-8-4-2-3-6-7(8)5-9(10(12)13)16-11(6)14/h2-5H,1H3,(H,12,13). The Bertz CT molecular complexity index is 615. The Morgan fingerprint density at radius 3 is 2.75 bits per heavy atom. The first-order valence-electron chi connectivity index (χ1n) is 4.47. The van der Waals surface area contributed by atoms with Crippen LogP contribution >= 0.6 is 11.3 Å². The largest absolute Gasteiger partial charge is 0.496 e. The third kappa shape index (κ3) is 1.65. The van der Waals surface area contributed by atoms with Crippen LogP contribution in [0, 0.1) is 0 Å². The van der Waals surface area contributed by atoms with Gasteiger partial charge in [0.2, 0.25) is 4.74 Å². The third-order valence-corrected chi connectivity index (χ3v) is 3.11. The maximum absolute atomic E-state index is 11.7. The quantitative estimate of drug-likeness (QED) is 0.865. The van der Waals surface area contributed by atoms with Crippen molar-refractivity contribution in [3.05, 3.63) is 38.7 Å². The number of benzene rings is 1. The van der Waals surface area contributed by atoms with Crippen LogP contribution in [0.15, 0.2) is 29.1 Å². The average Bonchev–Trinajstić information content (AvgIpc) is 2.28. The fourth-order valence-electron chi connectivity index (χ4n) is 1.47. The molecule has 0 atom stereocenters. The highest BCUT2D eigenvalue weighted by Crippen LogP contribution is 2.25. The van der Waals surface area contributed by atoms with Gasteiger partial charge in [0.1, 0.15) is 10.6 Å². The number of rotatable bonds is 2. The zero-order valence-corrected chi connectivity index (χ0v) is 9.21. The van der Waals surface area contributed by atoms with Gasteiger partial charge in [-0.15, -0.1) is 0 Å². The molecule has 0 aliphatic carbocycles. The summed E-state index contributed by atoms with van der Waals surface area (Å²) in [5.74, 6) is -0.597. The van der Waals surface area contributed by atoms with Gasteiger partial charge in [0.05, 0.1) is 7.11 Å². The number of hydrogen-bond donors (Lipinski definition) is 1. The van der Waals surface area contributed by atoms with E-state index >= 15 is 0 Å². The predicted molar refractivity (Wildman–Crippen MR) is 61.6 cm³/mol. The third-order valence-electron chi connectivity index (χ3n) is 2.19. The molecule has 0 aliphatic heterocycles. The van der Waals surface area contributed by atoms with E-state index in [0.29, 0.717) is 16.5 Å². The molecular weight excluding hydrogens is 228 g/mol. The minimum Gasteiger partial charge on any atom is -0.496 e. The van der Waals surface area contributed by atoms with Gasteiger partial charge < -0.3 is 9.84 Å². The van der Waals surface area contributed by atoms with Crippen molar-refractivity contribution in [3.63, 3.8) is 0 Å². The summed E-state index contributed by atoms with van der Waals surface area (Å²) in [6, 6.07) is 6.51. The first-order valence-corrected chi connectivity index (χ1v) is 5.29. The van der Waals surface area contributed by atoms with Gasteiger partial charge in [-0.2, -0.15) is 0 Å². The molecular formula is C11H8O4S. The van der Waals surface area contributed by atoms with Crippen LogP contribution < -0.4 is 9.48 Å². The molecule has 0 bridgehead atoms. The Morgan fingerprint density at radius 1 is 1.38 bits per heavy atom. The van der Waals surface area contributed by atoms with Crippen molar-refractivity contribution in [1.29, 1.82) is 0 Å². The molecule has 0 fully saturated rings. The Labute approximate surface area is 94.7 Å². The first kappa shape index (κ1) is 10.6.